The van der Waals surface area contributed by atoms with E-state index in [1.807, 2.05) is 18.2 Å². The summed E-state index contributed by atoms with van der Waals surface area (Å²) in [6.07, 6.45) is 0.855. The molecule has 1 atom stereocenters. The highest BCUT2D eigenvalue weighted by Crippen LogP contribution is 2.32. The second-order valence-electron chi connectivity index (χ2n) is 7.21. The molecule has 0 spiro atoms. The fourth-order valence-corrected chi connectivity index (χ4v) is 3.85. The van der Waals surface area contributed by atoms with Gasteiger partial charge in [0.1, 0.15) is 11.6 Å². The van der Waals surface area contributed by atoms with Crippen LogP contribution >= 0.6 is 22.9 Å². The summed E-state index contributed by atoms with van der Waals surface area (Å²) in [7, 11) is 0. The third-order valence-electron chi connectivity index (χ3n) is 3.94. The summed E-state index contributed by atoms with van der Waals surface area (Å²) in [5.74, 6) is -0.291. The van der Waals surface area contributed by atoms with E-state index in [9.17, 15) is 9.59 Å². The van der Waals surface area contributed by atoms with Crippen LogP contribution in [0, 0.1) is 0 Å². The van der Waals surface area contributed by atoms with E-state index in [0.29, 0.717) is 28.1 Å². The summed E-state index contributed by atoms with van der Waals surface area (Å²) in [5.41, 5.74) is 0.150. The zero-order valence-electron chi connectivity index (χ0n) is 15.4. The van der Waals surface area contributed by atoms with Gasteiger partial charge in [0.2, 0.25) is 11.0 Å². The van der Waals surface area contributed by atoms with Crippen LogP contribution in [0.15, 0.2) is 24.3 Å². The molecule has 2 amide bonds. The van der Waals surface area contributed by atoms with Crippen molar-refractivity contribution < 1.29 is 14.3 Å². The lowest BCUT2D eigenvalue weighted by Gasteiger charge is -2.27. The number of ether oxygens (including phenoxy) is 1. The Hall–Kier alpha value is -2.19. The first-order valence-electron chi connectivity index (χ1n) is 8.63. The van der Waals surface area contributed by atoms with E-state index in [1.54, 1.807) is 26.8 Å². The number of amides is 2. The van der Waals surface area contributed by atoms with E-state index in [1.165, 1.54) is 16.2 Å². The normalized spacial score (nSPS) is 17.0. The van der Waals surface area contributed by atoms with Crippen LogP contribution in [0.3, 0.4) is 0 Å². The van der Waals surface area contributed by atoms with Gasteiger partial charge in [-0.2, -0.15) is 0 Å². The molecule has 1 aliphatic heterocycles. The molecule has 0 radical (unpaired) electrons. The van der Waals surface area contributed by atoms with Crippen molar-refractivity contribution >= 4 is 40.1 Å². The molecular weight excluding hydrogens is 388 g/mol. The topological polar surface area (TPSA) is 84.4 Å². The molecule has 1 saturated heterocycles. The summed E-state index contributed by atoms with van der Waals surface area (Å²) < 4.78 is 5.39. The molecule has 2 heterocycles. The molecule has 1 aliphatic rings. The molecule has 0 aliphatic carbocycles. The number of halogens is 1. The lowest BCUT2D eigenvalue weighted by molar-refractivity contribution is -0.120. The van der Waals surface area contributed by atoms with Gasteiger partial charge in [-0.3, -0.25) is 15.0 Å². The van der Waals surface area contributed by atoms with Crippen LogP contribution in [0.5, 0.6) is 0 Å². The summed E-state index contributed by atoms with van der Waals surface area (Å²) in [4.78, 5) is 26.5. The van der Waals surface area contributed by atoms with Gasteiger partial charge in [0, 0.05) is 12.1 Å². The van der Waals surface area contributed by atoms with Crippen LogP contribution < -0.4 is 5.32 Å². The predicted octanol–water partition coefficient (Wildman–Crippen LogP) is 4.20. The molecule has 1 unspecified atom stereocenters. The van der Waals surface area contributed by atoms with Crippen molar-refractivity contribution in [1.82, 2.24) is 15.1 Å². The second kappa shape index (κ2) is 7.82. The molecule has 7 nitrogen and oxygen atoms in total. The Morgan fingerprint density at radius 2 is 2.04 bits per heavy atom. The maximum atomic E-state index is 12.7. The fourth-order valence-electron chi connectivity index (χ4n) is 2.78. The van der Waals surface area contributed by atoms with Gasteiger partial charge in [-0.05, 0) is 39.7 Å². The van der Waals surface area contributed by atoms with Crippen LogP contribution in [0.4, 0.5) is 9.93 Å². The Bertz CT molecular complexity index is 849. The number of hydrogen-bond donors (Lipinski definition) is 1. The van der Waals surface area contributed by atoms with Gasteiger partial charge in [-0.1, -0.05) is 41.1 Å². The summed E-state index contributed by atoms with van der Waals surface area (Å²) >= 11 is 7.41. The van der Waals surface area contributed by atoms with Crippen LogP contribution in [-0.4, -0.2) is 45.3 Å². The Morgan fingerprint density at radius 3 is 2.74 bits per heavy atom. The van der Waals surface area contributed by atoms with Gasteiger partial charge in [0.25, 0.3) is 0 Å². The molecular formula is C18H21ClN4O3S. The highest BCUT2D eigenvalue weighted by molar-refractivity contribution is 7.18. The summed E-state index contributed by atoms with van der Waals surface area (Å²) in [6.45, 7) is 5.89. The van der Waals surface area contributed by atoms with Crippen molar-refractivity contribution in [3.63, 3.8) is 0 Å². The minimum atomic E-state index is -0.607. The van der Waals surface area contributed by atoms with E-state index < -0.39 is 17.7 Å². The Kier molecular flexibility index (Phi) is 5.67. The predicted molar refractivity (Wildman–Crippen MR) is 105 cm³/mol. The largest absolute Gasteiger partial charge is 0.444 e. The van der Waals surface area contributed by atoms with E-state index in [-0.39, 0.29) is 5.91 Å². The molecule has 1 N–H and O–H groups in total. The molecule has 1 fully saturated rings. The quantitative estimate of drug-likeness (QED) is 0.822. The number of carbonyl (C=O) groups is 2. The number of likely N-dealkylation sites (tertiary alicyclic amines) is 1. The number of aromatic nitrogens is 2. The average Bonchev–Trinajstić information content (AvgIpc) is 3.22. The van der Waals surface area contributed by atoms with Gasteiger partial charge in [-0.15, -0.1) is 10.2 Å². The highest BCUT2D eigenvalue weighted by atomic mass is 35.5. The minimum absolute atomic E-state index is 0.291. The molecule has 144 valence electrons. The van der Waals surface area contributed by atoms with Crippen molar-refractivity contribution in [3.8, 4) is 10.6 Å². The van der Waals surface area contributed by atoms with Gasteiger partial charge in [0.15, 0.2) is 5.01 Å². The van der Waals surface area contributed by atoms with E-state index in [0.717, 1.165) is 12.0 Å². The SMILES string of the molecule is CC(C)(C)OC(=O)N1CCCC1C(=O)Nc1nnc(-c2ccccc2Cl)s1. The Labute approximate surface area is 166 Å². The lowest BCUT2D eigenvalue weighted by Crippen LogP contribution is -2.45. The third kappa shape index (κ3) is 4.75. The van der Waals surface area contributed by atoms with Crippen molar-refractivity contribution in [1.29, 1.82) is 0 Å². The van der Waals surface area contributed by atoms with Crippen LogP contribution in [-0.2, 0) is 9.53 Å². The molecule has 2 aromatic rings. The van der Waals surface area contributed by atoms with Gasteiger partial charge in [-0.25, -0.2) is 4.79 Å². The standard InChI is InChI=1S/C18H21ClN4O3S/c1-18(2,3)26-17(25)23-10-6-9-13(23)14(24)20-16-22-21-15(27-16)11-7-4-5-8-12(11)19/h4-5,7-8,13H,6,9-10H2,1-3H3,(H,20,22,24). The van der Waals surface area contributed by atoms with Crippen molar-refractivity contribution in [3.05, 3.63) is 29.3 Å². The number of hydrogen-bond acceptors (Lipinski definition) is 6. The Morgan fingerprint density at radius 1 is 1.30 bits per heavy atom. The number of rotatable bonds is 3. The molecule has 27 heavy (non-hydrogen) atoms. The molecule has 0 bridgehead atoms. The lowest BCUT2D eigenvalue weighted by atomic mass is 10.2. The second-order valence-corrected chi connectivity index (χ2v) is 8.60. The fraction of sp³-hybridized carbons (Fsp3) is 0.444. The van der Waals surface area contributed by atoms with E-state index in [4.69, 9.17) is 16.3 Å². The summed E-state index contributed by atoms with van der Waals surface area (Å²) in [6, 6.07) is 6.73. The van der Waals surface area contributed by atoms with Gasteiger partial charge in [0.05, 0.1) is 5.02 Å². The summed E-state index contributed by atoms with van der Waals surface area (Å²) in [5, 5.41) is 12.4. The Balaban J connectivity index is 1.68. The first-order valence-corrected chi connectivity index (χ1v) is 9.83. The van der Waals surface area contributed by atoms with Gasteiger partial charge >= 0.3 is 6.09 Å². The molecule has 9 heteroatoms. The molecule has 1 aromatic heterocycles. The minimum Gasteiger partial charge on any atom is -0.444 e. The number of nitrogens with zero attached hydrogens (tertiary/aromatic N) is 3. The van der Waals surface area contributed by atoms with E-state index >= 15 is 0 Å². The molecule has 3 rings (SSSR count). The van der Waals surface area contributed by atoms with Crippen molar-refractivity contribution in [2.75, 3.05) is 11.9 Å². The first kappa shape index (κ1) is 19.6. The van der Waals surface area contributed by atoms with Crippen LogP contribution in [0.25, 0.3) is 10.6 Å². The van der Waals surface area contributed by atoms with E-state index in [2.05, 4.69) is 15.5 Å². The molecule has 1 aromatic carbocycles. The zero-order valence-corrected chi connectivity index (χ0v) is 16.9. The third-order valence-corrected chi connectivity index (χ3v) is 5.14. The highest BCUT2D eigenvalue weighted by Gasteiger charge is 2.37. The van der Waals surface area contributed by atoms with Crippen molar-refractivity contribution in [2.45, 2.75) is 45.3 Å². The monoisotopic (exact) mass is 408 g/mol. The number of benzene rings is 1. The zero-order chi connectivity index (χ0) is 19.6. The van der Waals surface area contributed by atoms with Gasteiger partial charge < -0.3 is 4.74 Å². The van der Waals surface area contributed by atoms with Crippen LogP contribution in [0.2, 0.25) is 5.02 Å². The van der Waals surface area contributed by atoms with Crippen LogP contribution in [0.1, 0.15) is 33.6 Å². The first-order chi connectivity index (χ1) is 12.7. The maximum Gasteiger partial charge on any atom is 0.410 e. The maximum absolute atomic E-state index is 12.7. The smallest absolute Gasteiger partial charge is 0.410 e. The number of nitrogens with one attached hydrogen (secondary N) is 1. The number of carbonyl (C=O) groups excluding carboxylic acids is 2. The number of anilines is 1. The average molecular weight is 409 g/mol. The molecule has 0 saturated carbocycles. The van der Waals surface area contributed by atoms with Crippen molar-refractivity contribution in [2.24, 2.45) is 0 Å².